The van der Waals surface area contributed by atoms with Gasteiger partial charge in [0.25, 0.3) is 5.91 Å². The molecule has 5 heteroatoms. The number of aromatic hydroxyl groups is 1. The van der Waals surface area contributed by atoms with Gasteiger partial charge in [-0.15, -0.1) is 0 Å². The summed E-state index contributed by atoms with van der Waals surface area (Å²) < 4.78 is 5.04. The van der Waals surface area contributed by atoms with Gasteiger partial charge in [-0.05, 0) is 44.0 Å². The molecule has 0 spiro atoms. The molecule has 1 aliphatic heterocycles. The summed E-state index contributed by atoms with van der Waals surface area (Å²) in [4.78, 5) is 14.1. The monoisotopic (exact) mass is 278 g/mol. The van der Waals surface area contributed by atoms with Crippen molar-refractivity contribution in [3.63, 3.8) is 0 Å². The average Bonchev–Trinajstić information content (AvgIpc) is 2.48. The first-order chi connectivity index (χ1) is 9.63. The van der Waals surface area contributed by atoms with Gasteiger partial charge >= 0.3 is 0 Å². The summed E-state index contributed by atoms with van der Waals surface area (Å²) in [5, 5.41) is 13.3. The van der Waals surface area contributed by atoms with Crippen LogP contribution in [0, 0.1) is 5.92 Å². The SMILES string of the molecule is COc1cccc(C(=O)N(C)CC2CCNCC2)c1O. The minimum Gasteiger partial charge on any atom is -0.504 e. The number of amides is 1. The van der Waals surface area contributed by atoms with Crippen molar-refractivity contribution in [3.8, 4) is 11.5 Å². The van der Waals surface area contributed by atoms with Crippen LogP contribution in [0.4, 0.5) is 0 Å². The first kappa shape index (κ1) is 14.7. The number of carbonyl (C=O) groups excluding carboxylic acids is 1. The number of carbonyl (C=O) groups is 1. The molecule has 0 atom stereocenters. The van der Waals surface area contributed by atoms with Crippen LogP contribution < -0.4 is 10.1 Å². The van der Waals surface area contributed by atoms with E-state index in [9.17, 15) is 9.90 Å². The van der Waals surface area contributed by atoms with Crippen LogP contribution in [0.5, 0.6) is 11.5 Å². The van der Waals surface area contributed by atoms with E-state index in [1.54, 1.807) is 30.1 Å². The molecule has 0 unspecified atom stereocenters. The fraction of sp³-hybridized carbons (Fsp3) is 0.533. The highest BCUT2D eigenvalue weighted by molar-refractivity contribution is 5.97. The highest BCUT2D eigenvalue weighted by atomic mass is 16.5. The predicted molar refractivity (Wildman–Crippen MR) is 77.2 cm³/mol. The molecule has 2 rings (SSSR count). The Morgan fingerprint density at radius 2 is 2.15 bits per heavy atom. The average molecular weight is 278 g/mol. The first-order valence-electron chi connectivity index (χ1n) is 6.95. The molecule has 0 radical (unpaired) electrons. The molecule has 0 aliphatic carbocycles. The van der Waals surface area contributed by atoms with Crippen LogP contribution in [-0.4, -0.2) is 49.7 Å². The van der Waals surface area contributed by atoms with Gasteiger partial charge < -0.3 is 20.1 Å². The van der Waals surface area contributed by atoms with Gasteiger partial charge in [0.1, 0.15) is 0 Å². The molecule has 110 valence electrons. The molecule has 1 amide bonds. The number of nitrogens with zero attached hydrogens (tertiary/aromatic N) is 1. The van der Waals surface area contributed by atoms with Gasteiger partial charge in [0, 0.05) is 13.6 Å². The summed E-state index contributed by atoms with van der Waals surface area (Å²) in [5.74, 6) is 0.598. The number of para-hydroxylation sites is 1. The molecule has 1 heterocycles. The Morgan fingerprint density at radius 3 is 2.80 bits per heavy atom. The number of methoxy groups -OCH3 is 1. The maximum atomic E-state index is 12.4. The lowest BCUT2D eigenvalue weighted by Crippen LogP contribution is -2.37. The molecule has 0 saturated carbocycles. The van der Waals surface area contributed by atoms with Gasteiger partial charge in [-0.3, -0.25) is 4.79 Å². The Labute approximate surface area is 119 Å². The minimum absolute atomic E-state index is 0.0860. The molecular weight excluding hydrogens is 256 g/mol. The maximum Gasteiger partial charge on any atom is 0.257 e. The minimum atomic E-state index is -0.167. The van der Waals surface area contributed by atoms with Crippen LogP contribution in [-0.2, 0) is 0 Å². The van der Waals surface area contributed by atoms with Crippen molar-refractivity contribution in [2.45, 2.75) is 12.8 Å². The second kappa shape index (κ2) is 6.61. The van der Waals surface area contributed by atoms with Gasteiger partial charge in [-0.1, -0.05) is 6.07 Å². The number of nitrogens with one attached hydrogen (secondary N) is 1. The number of benzene rings is 1. The summed E-state index contributed by atoms with van der Waals surface area (Å²) in [5.41, 5.74) is 0.292. The summed E-state index contributed by atoms with van der Waals surface area (Å²) in [6.45, 7) is 2.74. The fourth-order valence-corrected chi connectivity index (χ4v) is 2.60. The Balaban J connectivity index is 2.06. The summed E-state index contributed by atoms with van der Waals surface area (Å²) in [6, 6.07) is 4.97. The Kier molecular flexibility index (Phi) is 4.84. The summed E-state index contributed by atoms with van der Waals surface area (Å²) >= 11 is 0. The number of phenols is 1. The van der Waals surface area contributed by atoms with E-state index in [1.165, 1.54) is 7.11 Å². The smallest absolute Gasteiger partial charge is 0.257 e. The van der Waals surface area contributed by atoms with Crippen molar-refractivity contribution in [1.82, 2.24) is 10.2 Å². The molecule has 0 aromatic heterocycles. The number of ether oxygens (including phenoxy) is 1. The van der Waals surface area contributed by atoms with Gasteiger partial charge in [-0.25, -0.2) is 0 Å². The molecule has 1 fully saturated rings. The van der Waals surface area contributed by atoms with E-state index in [-0.39, 0.29) is 11.7 Å². The van der Waals surface area contributed by atoms with Crippen molar-refractivity contribution < 1.29 is 14.6 Å². The van der Waals surface area contributed by atoms with Crippen LogP contribution in [0.3, 0.4) is 0 Å². The van der Waals surface area contributed by atoms with Gasteiger partial charge in [0.15, 0.2) is 11.5 Å². The van der Waals surface area contributed by atoms with Crippen molar-refractivity contribution in [2.24, 2.45) is 5.92 Å². The fourth-order valence-electron chi connectivity index (χ4n) is 2.60. The predicted octanol–water partition coefficient (Wildman–Crippen LogP) is 1.47. The van der Waals surface area contributed by atoms with Crippen LogP contribution in [0.15, 0.2) is 18.2 Å². The van der Waals surface area contributed by atoms with Crippen molar-refractivity contribution in [2.75, 3.05) is 33.8 Å². The molecule has 0 bridgehead atoms. The second-order valence-electron chi connectivity index (χ2n) is 5.24. The second-order valence-corrected chi connectivity index (χ2v) is 5.24. The van der Waals surface area contributed by atoms with E-state index in [0.29, 0.717) is 17.2 Å². The molecule has 1 saturated heterocycles. The van der Waals surface area contributed by atoms with Gasteiger partial charge in [0.05, 0.1) is 12.7 Å². The molecule has 1 aromatic rings. The summed E-state index contributed by atoms with van der Waals surface area (Å²) in [6.07, 6.45) is 2.17. The standard InChI is InChI=1S/C15H22N2O3/c1-17(10-11-6-8-16-9-7-11)15(19)12-4-3-5-13(20-2)14(12)18/h3-5,11,16,18H,6-10H2,1-2H3. The lowest BCUT2D eigenvalue weighted by atomic mass is 9.97. The molecule has 1 aromatic carbocycles. The maximum absolute atomic E-state index is 12.4. The Bertz CT molecular complexity index is 470. The molecule has 1 aliphatic rings. The Hall–Kier alpha value is -1.75. The van der Waals surface area contributed by atoms with Crippen LogP contribution in [0.25, 0.3) is 0 Å². The van der Waals surface area contributed by atoms with E-state index in [1.807, 2.05) is 0 Å². The van der Waals surface area contributed by atoms with Crippen LogP contribution in [0.1, 0.15) is 23.2 Å². The third-order valence-corrected chi connectivity index (χ3v) is 3.79. The number of hydrogen-bond donors (Lipinski definition) is 2. The van der Waals surface area contributed by atoms with Crippen LogP contribution in [0.2, 0.25) is 0 Å². The highest BCUT2D eigenvalue weighted by Gasteiger charge is 2.22. The summed E-state index contributed by atoms with van der Waals surface area (Å²) in [7, 11) is 3.26. The zero-order valence-corrected chi connectivity index (χ0v) is 12.1. The van der Waals surface area contributed by atoms with E-state index in [0.717, 1.165) is 32.5 Å². The molecule has 2 N–H and O–H groups in total. The van der Waals surface area contributed by atoms with Crippen molar-refractivity contribution in [1.29, 1.82) is 0 Å². The van der Waals surface area contributed by atoms with Gasteiger partial charge in [0.2, 0.25) is 0 Å². The van der Waals surface area contributed by atoms with E-state index in [2.05, 4.69) is 5.32 Å². The topological polar surface area (TPSA) is 61.8 Å². The third-order valence-electron chi connectivity index (χ3n) is 3.79. The Morgan fingerprint density at radius 1 is 1.45 bits per heavy atom. The zero-order chi connectivity index (χ0) is 14.5. The normalized spacial score (nSPS) is 15.9. The number of hydrogen-bond acceptors (Lipinski definition) is 4. The number of rotatable bonds is 4. The largest absolute Gasteiger partial charge is 0.504 e. The van der Waals surface area contributed by atoms with Crippen LogP contribution >= 0.6 is 0 Å². The lowest BCUT2D eigenvalue weighted by Gasteiger charge is -2.27. The number of piperidine rings is 1. The lowest BCUT2D eigenvalue weighted by molar-refractivity contribution is 0.0759. The highest BCUT2D eigenvalue weighted by Crippen LogP contribution is 2.30. The van der Waals surface area contributed by atoms with Crippen molar-refractivity contribution in [3.05, 3.63) is 23.8 Å². The quantitative estimate of drug-likeness (QED) is 0.875. The van der Waals surface area contributed by atoms with E-state index < -0.39 is 0 Å². The van der Waals surface area contributed by atoms with E-state index in [4.69, 9.17) is 4.74 Å². The number of phenolic OH excluding ortho intramolecular Hbond substituents is 1. The molecule has 5 nitrogen and oxygen atoms in total. The molecular formula is C15H22N2O3. The zero-order valence-electron chi connectivity index (χ0n) is 12.1. The van der Waals surface area contributed by atoms with Gasteiger partial charge in [-0.2, -0.15) is 0 Å². The first-order valence-corrected chi connectivity index (χ1v) is 6.95. The van der Waals surface area contributed by atoms with Crippen molar-refractivity contribution >= 4 is 5.91 Å². The molecule has 20 heavy (non-hydrogen) atoms. The van der Waals surface area contributed by atoms with E-state index >= 15 is 0 Å². The third kappa shape index (κ3) is 3.22.